The van der Waals surface area contributed by atoms with Crippen molar-refractivity contribution in [3.05, 3.63) is 58.4 Å². The third-order valence-electron chi connectivity index (χ3n) is 3.59. The van der Waals surface area contributed by atoms with Crippen LogP contribution in [0.2, 0.25) is 5.02 Å². The van der Waals surface area contributed by atoms with Gasteiger partial charge in [-0.1, -0.05) is 29.8 Å². The third kappa shape index (κ3) is 3.75. The van der Waals surface area contributed by atoms with Crippen molar-refractivity contribution in [2.45, 2.75) is 12.6 Å². The summed E-state index contributed by atoms with van der Waals surface area (Å²) in [6, 6.07) is 9.83. The fourth-order valence-electron chi connectivity index (χ4n) is 2.47. The molecule has 0 amide bonds. The lowest BCUT2D eigenvalue weighted by Gasteiger charge is -2.20. The minimum absolute atomic E-state index is 0.229. The Morgan fingerprint density at radius 3 is 2.83 bits per heavy atom. The number of halogens is 2. The van der Waals surface area contributed by atoms with E-state index in [-0.39, 0.29) is 12.1 Å². The number of ether oxygens (including phenoxy) is 2. The highest BCUT2D eigenvalue weighted by Crippen LogP contribution is 2.38. The van der Waals surface area contributed by atoms with E-state index in [0.717, 1.165) is 5.56 Å². The summed E-state index contributed by atoms with van der Waals surface area (Å²) in [6.07, 6.45) is -0.913. The molecule has 1 aliphatic heterocycles. The maximum Gasteiger partial charge on any atom is 0.179 e. The number of hydrogen-bond acceptors (Lipinski definition) is 4. The summed E-state index contributed by atoms with van der Waals surface area (Å²) >= 11 is 6.17. The van der Waals surface area contributed by atoms with Gasteiger partial charge in [0.05, 0.1) is 11.1 Å². The molecule has 0 radical (unpaired) electrons. The van der Waals surface area contributed by atoms with E-state index in [4.69, 9.17) is 21.1 Å². The summed E-state index contributed by atoms with van der Waals surface area (Å²) in [5.41, 5.74) is 1.18. The average Bonchev–Trinajstić information content (AvgIpc) is 2.55. The van der Waals surface area contributed by atoms with Crippen LogP contribution in [0.15, 0.2) is 36.4 Å². The molecule has 1 aliphatic rings. The van der Waals surface area contributed by atoms with Gasteiger partial charge in [0, 0.05) is 18.7 Å². The molecule has 2 aromatic rings. The molecule has 6 heteroatoms. The third-order valence-corrected chi connectivity index (χ3v) is 3.87. The molecule has 2 N–H and O–H groups in total. The number of fused-ring (bicyclic) bond motifs is 1. The fraction of sp³-hybridized carbons (Fsp3) is 0.294. The van der Waals surface area contributed by atoms with Crippen molar-refractivity contribution in [3.63, 3.8) is 0 Å². The van der Waals surface area contributed by atoms with Gasteiger partial charge in [-0.05, 0) is 23.8 Å². The van der Waals surface area contributed by atoms with Crippen molar-refractivity contribution >= 4 is 11.6 Å². The zero-order valence-corrected chi connectivity index (χ0v) is 13.1. The molecule has 23 heavy (non-hydrogen) atoms. The first kappa shape index (κ1) is 16.1. The maximum atomic E-state index is 13.6. The molecule has 3 rings (SSSR count). The Bertz CT molecular complexity index is 696. The van der Waals surface area contributed by atoms with Crippen molar-refractivity contribution in [2.75, 3.05) is 19.8 Å². The van der Waals surface area contributed by atoms with Gasteiger partial charge in [-0.3, -0.25) is 0 Å². The van der Waals surface area contributed by atoms with Crippen molar-refractivity contribution in [2.24, 2.45) is 0 Å². The zero-order chi connectivity index (χ0) is 16.2. The number of benzene rings is 2. The van der Waals surface area contributed by atoms with Crippen LogP contribution in [0.1, 0.15) is 17.2 Å². The van der Waals surface area contributed by atoms with Crippen LogP contribution in [0.25, 0.3) is 0 Å². The number of hydrogen-bond donors (Lipinski definition) is 2. The van der Waals surface area contributed by atoms with Gasteiger partial charge < -0.3 is 19.9 Å². The van der Waals surface area contributed by atoms with E-state index in [1.165, 1.54) is 6.07 Å². The molecule has 0 saturated heterocycles. The van der Waals surface area contributed by atoms with E-state index in [2.05, 4.69) is 5.32 Å². The van der Waals surface area contributed by atoms with E-state index in [1.807, 2.05) is 6.07 Å². The zero-order valence-electron chi connectivity index (χ0n) is 12.4. The first-order valence-corrected chi connectivity index (χ1v) is 7.74. The predicted molar refractivity (Wildman–Crippen MR) is 85.5 cm³/mol. The molecular weight excluding hydrogens is 321 g/mol. The molecule has 0 spiro atoms. The second-order valence-corrected chi connectivity index (χ2v) is 5.68. The van der Waals surface area contributed by atoms with Gasteiger partial charge in [-0.2, -0.15) is 0 Å². The van der Waals surface area contributed by atoms with Crippen LogP contribution in [-0.4, -0.2) is 24.9 Å². The van der Waals surface area contributed by atoms with Crippen molar-refractivity contribution in [1.29, 1.82) is 0 Å². The topological polar surface area (TPSA) is 50.7 Å². The molecule has 1 atom stereocenters. The standard InChI is InChI=1S/C17H17ClFNO3/c18-13-7-11(8-16-17(13)23-6-5-22-16)9-20-10-15(21)12-3-1-2-4-14(12)19/h1-4,7-8,15,20-21H,5-6,9-10H2. The van der Waals surface area contributed by atoms with Gasteiger partial charge in [0.15, 0.2) is 11.5 Å². The summed E-state index contributed by atoms with van der Waals surface area (Å²) in [4.78, 5) is 0. The van der Waals surface area contributed by atoms with Crippen LogP contribution >= 0.6 is 11.6 Å². The van der Waals surface area contributed by atoms with Crippen LogP contribution in [0.5, 0.6) is 11.5 Å². The molecule has 1 unspecified atom stereocenters. The minimum atomic E-state index is -0.913. The highest BCUT2D eigenvalue weighted by molar-refractivity contribution is 6.32. The summed E-state index contributed by atoms with van der Waals surface area (Å²) in [5.74, 6) is 0.771. The Kier molecular flexibility index (Phi) is 5.00. The Hall–Kier alpha value is -1.82. The van der Waals surface area contributed by atoms with Crippen LogP contribution in [-0.2, 0) is 6.54 Å². The highest BCUT2D eigenvalue weighted by Gasteiger charge is 2.17. The van der Waals surface area contributed by atoms with E-state index < -0.39 is 11.9 Å². The highest BCUT2D eigenvalue weighted by atomic mass is 35.5. The molecular formula is C17H17ClFNO3. The molecule has 0 aromatic heterocycles. The SMILES string of the molecule is OC(CNCc1cc(Cl)c2c(c1)OCCO2)c1ccccc1F. The van der Waals surface area contributed by atoms with Gasteiger partial charge >= 0.3 is 0 Å². The number of nitrogens with one attached hydrogen (secondary N) is 1. The lowest BCUT2D eigenvalue weighted by atomic mass is 10.1. The first-order chi connectivity index (χ1) is 11.1. The normalized spacial score (nSPS) is 14.6. The van der Waals surface area contributed by atoms with E-state index in [0.29, 0.717) is 36.3 Å². The molecule has 4 nitrogen and oxygen atoms in total. The monoisotopic (exact) mass is 337 g/mol. The number of rotatable bonds is 5. The van der Waals surface area contributed by atoms with Gasteiger partial charge in [0.1, 0.15) is 19.0 Å². The summed E-state index contributed by atoms with van der Waals surface area (Å²) < 4.78 is 24.6. The largest absolute Gasteiger partial charge is 0.486 e. The van der Waals surface area contributed by atoms with Gasteiger partial charge in [-0.15, -0.1) is 0 Å². The summed E-state index contributed by atoms with van der Waals surface area (Å²) in [7, 11) is 0. The Morgan fingerprint density at radius 2 is 2.00 bits per heavy atom. The lowest BCUT2D eigenvalue weighted by Crippen LogP contribution is -2.22. The summed E-state index contributed by atoms with van der Waals surface area (Å²) in [6.45, 7) is 1.68. The Labute approximate surface area is 138 Å². The molecule has 0 fully saturated rings. The van der Waals surface area contributed by atoms with Crippen molar-refractivity contribution < 1.29 is 19.0 Å². The minimum Gasteiger partial charge on any atom is -0.486 e. The molecule has 2 aromatic carbocycles. The molecule has 0 aliphatic carbocycles. The smallest absolute Gasteiger partial charge is 0.179 e. The molecule has 1 heterocycles. The maximum absolute atomic E-state index is 13.6. The molecule has 0 bridgehead atoms. The van der Waals surface area contributed by atoms with Crippen LogP contribution in [0.3, 0.4) is 0 Å². The summed E-state index contributed by atoms with van der Waals surface area (Å²) in [5, 5.41) is 13.6. The van der Waals surface area contributed by atoms with E-state index >= 15 is 0 Å². The molecule has 122 valence electrons. The number of aliphatic hydroxyl groups is 1. The van der Waals surface area contributed by atoms with Crippen LogP contribution in [0.4, 0.5) is 4.39 Å². The van der Waals surface area contributed by atoms with Crippen LogP contribution < -0.4 is 14.8 Å². The quantitative estimate of drug-likeness (QED) is 0.880. The second kappa shape index (κ2) is 7.17. The van der Waals surface area contributed by atoms with Crippen molar-refractivity contribution in [3.8, 4) is 11.5 Å². The van der Waals surface area contributed by atoms with Gasteiger partial charge in [0.25, 0.3) is 0 Å². The van der Waals surface area contributed by atoms with Gasteiger partial charge in [0.2, 0.25) is 0 Å². The Balaban J connectivity index is 1.61. The van der Waals surface area contributed by atoms with Gasteiger partial charge in [-0.25, -0.2) is 4.39 Å². The molecule has 0 saturated carbocycles. The Morgan fingerprint density at radius 1 is 1.22 bits per heavy atom. The number of aliphatic hydroxyl groups excluding tert-OH is 1. The predicted octanol–water partition coefficient (Wildman–Crippen LogP) is 3.07. The fourth-order valence-corrected chi connectivity index (χ4v) is 2.76. The van der Waals surface area contributed by atoms with E-state index in [9.17, 15) is 9.50 Å². The van der Waals surface area contributed by atoms with E-state index in [1.54, 1.807) is 24.3 Å². The lowest BCUT2D eigenvalue weighted by molar-refractivity contribution is 0.168. The average molecular weight is 338 g/mol. The van der Waals surface area contributed by atoms with Crippen LogP contribution in [0, 0.1) is 5.82 Å². The first-order valence-electron chi connectivity index (χ1n) is 7.36. The second-order valence-electron chi connectivity index (χ2n) is 5.27. The van der Waals surface area contributed by atoms with Crippen molar-refractivity contribution in [1.82, 2.24) is 5.32 Å².